The summed E-state index contributed by atoms with van der Waals surface area (Å²) in [6.07, 6.45) is 0. The van der Waals surface area contributed by atoms with E-state index in [1.165, 1.54) is 11.8 Å². The number of rotatable bonds is 7. The van der Waals surface area contributed by atoms with Gasteiger partial charge in [0.25, 0.3) is 0 Å². The van der Waals surface area contributed by atoms with E-state index in [0.717, 1.165) is 20.7 Å². The topological polar surface area (TPSA) is 79.9 Å². The molecule has 2 N–H and O–H groups in total. The Morgan fingerprint density at radius 3 is 2.59 bits per heavy atom. The van der Waals surface area contributed by atoms with Crippen LogP contribution in [0.5, 0.6) is 5.75 Å². The molecule has 8 heteroatoms. The Morgan fingerprint density at radius 2 is 1.93 bits per heavy atom. The van der Waals surface area contributed by atoms with Crippen molar-refractivity contribution in [1.82, 2.24) is 20.5 Å². The third-order valence-corrected chi connectivity index (χ3v) is 5.45. The van der Waals surface area contributed by atoms with Crippen LogP contribution in [-0.4, -0.2) is 33.4 Å². The molecule has 3 aromatic rings. The van der Waals surface area contributed by atoms with Crippen LogP contribution in [0.1, 0.15) is 12.7 Å². The summed E-state index contributed by atoms with van der Waals surface area (Å²) < 4.78 is 6.16. The highest BCUT2D eigenvalue weighted by Crippen LogP contribution is 2.25. The Balaban J connectivity index is 1.54. The fourth-order valence-corrected chi connectivity index (χ4v) is 3.49. The van der Waals surface area contributed by atoms with Gasteiger partial charge in [-0.15, -0.1) is 11.8 Å². The second kappa shape index (κ2) is 9.05. The first-order chi connectivity index (χ1) is 13.0. The molecule has 0 aliphatic rings. The van der Waals surface area contributed by atoms with E-state index in [9.17, 15) is 4.79 Å². The number of benzene rings is 2. The van der Waals surface area contributed by atoms with Crippen LogP contribution in [0.25, 0.3) is 11.4 Å². The van der Waals surface area contributed by atoms with Gasteiger partial charge in [0, 0.05) is 14.9 Å². The molecule has 0 saturated carbocycles. The van der Waals surface area contributed by atoms with Gasteiger partial charge in [-0.05, 0) is 55.5 Å². The van der Waals surface area contributed by atoms with Gasteiger partial charge in [0.05, 0.1) is 18.9 Å². The number of H-pyrrole nitrogens is 1. The zero-order valence-electron chi connectivity index (χ0n) is 14.9. The average Bonchev–Trinajstić information content (AvgIpc) is 3.17. The molecule has 27 heavy (non-hydrogen) atoms. The number of halogens is 1. The standard InChI is InChI=1S/C19H19BrN4O2S/c1-12(27-16-9-5-14(20)6-10-16)19(25)21-11-17-22-18(24-23-17)13-3-7-15(26-2)8-4-13/h3-10,12H,11H2,1-2H3,(H,21,25)(H,22,23,24). The number of thioether (sulfide) groups is 1. The SMILES string of the molecule is COc1ccc(-c2n[nH]c(CNC(=O)C(C)Sc3ccc(Br)cc3)n2)cc1. The number of hydrogen-bond acceptors (Lipinski definition) is 5. The molecule has 2 aromatic carbocycles. The van der Waals surface area contributed by atoms with Crippen molar-refractivity contribution in [3.8, 4) is 17.1 Å². The Hall–Kier alpha value is -2.32. The van der Waals surface area contributed by atoms with Gasteiger partial charge in [-0.2, -0.15) is 5.10 Å². The van der Waals surface area contributed by atoms with Gasteiger partial charge in [-0.3, -0.25) is 9.89 Å². The first-order valence-electron chi connectivity index (χ1n) is 8.31. The van der Waals surface area contributed by atoms with Gasteiger partial charge in [0.15, 0.2) is 5.82 Å². The Morgan fingerprint density at radius 1 is 1.22 bits per heavy atom. The summed E-state index contributed by atoms with van der Waals surface area (Å²) in [5.41, 5.74) is 0.879. The molecule has 1 heterocycles. The molecule has 3 rings (SSSR count). The van der Waals surface area contributed by atoms with Crippen LogP contribution in [0.2, 0.25) is 0 Å². The molecule has 1 aromatic heterocycles. The van der Waals surface area contributed by atoms with Crippen LogP contribution >= 0.6 is 27.7 Å². The maximum atomic E-state index is 12.3. The van der Waals surface area contributed by atoms with Crippen molar-refractivity contribution in [3.63, 3.8) is 0 Å². The summed E-state index contributed by atoms with van der Waals surface area (Å²) >= 11 is 4.92. The minimum atomic E-state index is -0.213. The largest absolute Gasteiger partial charge is 0.497 e. The zero-order valence-corrected chi connectivity index (χ0v) is 17.3. The monoisotopic (exact) mass is 446 g/mol. The number of nitrogens with zero attached hydrogens (tertiary/aromatic N) is 2. The van der Waals surface area contributed by atoms with Crippen molar-refractivity contribution in [2.24, 2.45) is 0 Å². The summed E-state index contributed by atoms with van der Waals surface area (Å²) in [5, 5.41) is 9.74. The maximum Gasteiger partial charge on any atom is 0.233 e. The van der Waals surface area contributed by atoms with Crippen molar-refractivity contribution in [3.05, 3.63) is 58.8 Å². The fraction of sp³-hybridized carbons (Fsp3) is 0.211. The molecule has 6 nitrogen and oxygen atoms in total. The lowest BCUT2D eigenvalue weighted by Gasteiger charge is -2.11. The lowest BCUT2D eigenvalue weighted by molar-refractivity contribution is -0.120. The predicted octanol–water partition coefficient (Wildman–Crippen LogP) is 4.04. The quantitative estimate of drug-likeness (QED) is 0.535. The summed E-state index contributed by atoms with van der Waals surface area (Å²) in [7, 11) is 1.62. The number of carbonyl (C=O) groups excluding carboxylic acids is 1. The van der Waals surface area contributed by atoms with E-state index in [4.69, 9.17) is 4.74 Å². The van der Waals surface area contributed by atoms with Gasteiger partial charge in [-0.1, -0.05) is 15.9 Å². The second-order valence-electron chi connectivity index (χ2n) is 5.77. The summed E-state index contributed by atoms with van der Waals surface area (Å²) in [4.78, 5) is 17.8. The number of aromatic nitrogens is 3. The van der Waals surface area contributed by atoms with Crippen LogP contribution in [0.3, 0.4) is 0 Å². The smallest absolute Gasteiger partial charge is 0.233 e. The molecule has 0 spiro atoms. The summed E-state index contributed by atoms with van der Waals surface area (Å²) in [6, 6.07) is 15.4. The third-order valence-electron chi connectivity index (χ3n) is 3.81. The van der Waals surface area contributed by atoms with Gasteiger partial charge in [-0.25, -0.2) is 4.98 Å². The van der Waals surface area contributed by atoms with E-state index in [0.29, 0.717) is 18.2 Å². The van der Waals surface area contributed by atoms with Crippen molar-refractivity contribution < 1.29 is 9.53 Å². The third kappa shape index (κ3) is 5.33. The van der Waals surface area contributed by atoms with Crippen molar-refractivity contribution in [2.45, 2.75) is 23.6 Å². The van der Waals surface area contributed by atoms with Gasteiger partial charge < -0.3 is 10.1 Å². The van der Waals surface area contributed by atoms with E-state index < -0.39 is 0 Å². The molecule has 0 bridgehead atoms. The highest BCUT2D eigenvalue weighted by molar-refractivity contribution is 9.10. The molecule has 1 amide bonds. The molecule has 0 aliphatic carbocycles. The van der Waals surface area contributed by atoms with E-state index in [2.05, 4.69) is 36.4 Å². The lowest BCUT2D eigenvalue weighted by atomic mass is 10.2. The minimum absolute atomic E-state index is 0.0506. The van der Waals surface area contributed by atoms with E-state index in [1.54, 1.807) is 7.11 Å². The van der Waals surface area contributed by atoms with Crippen molar-refractivity contribution >= 4 is 33.6 Å². The van der Waals surface area contributed by atoms with Crippen LogP contribution in [-0.2, 0) is 11.3 Å². The zero-order chi connectivity index (χ0) is 19.2. The van der Waals surface area contributed by atoms with Gasteiger partial charge in [0.1, 0.15) is 11.6 Å². The predicted molar refractivity (Wildman–Crippen MR) is 110 cm³/mol. The molecule has 1 unspecified atom stereocenters. The molecular formula is C19H19BrN4O2S. The molecule has 1 atom stereocenters. The minimum Gasteiger partial charge on any atom is -0.497 e. The molecule has 140 valence electrons. The van der Waals surface area contributed by atoms with Gasteiger partial charge in [0.2, 0.25) is 5.91 Å². The van der Waals surface area contributed by atoms with Gasteiger partial charge >= 0.3 is 0 Å². The molecule has 0 radical (unpaired) electrons. The van der Waals surface area contributed by atoms with E-state index in [1.807, 2.05) is 55.5 Å². The first-order valence-corrected chi connectivity index (χ1v) is 9.98. The number of amides is 1. The van der Waals surface area contributed by atoms with E-state index in [-0.39, 0.29) is 11.2 Å². The van der Waals surface area contributed by atoms with Crippen molar-refractivity contribution in [2.75, 3.05) is 7.11 Å². The number of hydrogen-bond donors (Lipinski definition) is 2. The number of nitrogens with one attached hydrogen (secondary N) is 2. The summed E-state index contributed by atoms with van der Waals surface area (Å²) in [5.74, 6) is 1.92. The Bertz CT molecular complexity index is 897. The molecule has 0 saturated heterocycles. The molecule has 0 aliphatic heterocycles. The van der Waals surface area contributed by atoms with Crippen molar-refractivity contribution in [1.29, 1.82) is 0 Å². The average molecular weight is 447 g/mol. The number of carbonyl (C=O) groups is 1. The second-order valence-corrected chi connectivity index (χ2v) is 8.10. The lowest BCUT2D eigenvalue weighted by Crippen LogP contribution is -2.30. The summed E-state index contributed by atoms with van der Waals surface area (Å²) in [6.45, 7) is 2.18. The van der Waals surface area contributed by atoms with Crippen LogP contribution < -0.4 is 10.1 Å². The number of aromatic amines is 1. The molecular weight excluding hydrogens is 428 g/mol. The van der Waals surface area contributed by atoms with E-state index >= 15 is 0 Å². The van der Waals surface area contributed by atoms with Crippen LogP contribution in [0.15, 0.2) is 57.9 Å². The Kier molecular flexibility index (Phi) is 6.52. The Labute approximate surface area is 170 Å². The normalized spacial score (nSPS) is 11.8. The fourth-order valence-electron chi connectivity index (χ4n) is 2.33. The number of ether oxygens (including phenoxy) is 1. The molecule has 0 fully saturated rings. The highest BCUT2D eigenvalue weighted by atomic mass is 79.9. The highest BCUT2D eigenvalue weighted by Gasteiger charge is 2.15. The first kappa shape index (κ1) is 19.4. The van der Waals surface area contributed by atoms with Crippen LogP contribution in [0.4, 0.5) is 0 Å². The van der Waals surface area contributed by atoms with Crippen LogP contribution in [0, 0.1) is 0 Å². The maximum absolute atomic E-state index is 12.3. The number of methoxy groups -OCH3 is 1.